The summed E-state index contributed by atoms with van der Waals surface area (Å²) in [6, 6.07) is 7.66. The molecule has 1 heterocycles. The predicted molar refractivity (Wildman–Crippen MR) is 104 cm³/mol. The fraction of sp³-hybridized carbons (Fsp3) is 0.611. The van der Waals surface area contributed by atoms with Gasteiger partial charge in [-0.1, -0.05) is 26.0 Å². The second kappa shape index (κ2) is 9.34. The summed E-state index contributed by atoms with van der Waals surface area (Å²) in [5.74, 6) is 0.0120. The number of nitrogens with one attached hydrogen (secondary N) is 1. The average Bonchev–Trinajstić information content (AvgIpc) is 2.58. The quantitative estimate of drug-likeness (QED) is 0.740. The number of amides is 1. The van der Waals surface area contributed by atoms with Gasteiger partial charge in [0.05, 0.1) is 30.8 Å². The van der Waals surface area contributed by atoms with Crippen LogP contribution in [0.25, 0.3) is 0 Å². The topological polar surface area (TPSA) is 79.0 Å². The van der Waals surface area contributed by atoms with E-state index in [0.29, 0.717) is 19.8 Å². The Balaban J connectivity index is 1.99. The fourth-order valence-corrected chi connectivity index (χ4v) is 3.89. The van der Waals surface area contributed by atoms with Gasteiger partial charge in [-0.3, -0.25) is 4.79 Å². The van der Waals surface area contributed by atoms with Crippen LogP contribution in [0.15, 0.2) is 24.3 Å². The van der Waals surface area contributed by atoms with Gasteiger partial charge in [-0.2, -0.15) is 0 Å². The van der Waals surface area contributed by atoms with E-state index in [0.717, 1.165) is 24.5 Å². The lowest BCUT2D eigenvalue weighted by molar-refractivity contribution is -0.116. The molecule has 26 heavy (non-hydrogen) atoms. The molecule has 0 aliphatic carbocycles. The maximum absolute atomic E-state index is 12.4. The summed E-state index contributed by atoms with van der Waals surface area (Å²) in [4.78, 5) is 14.6. The monoisotopic (exact) mass is 383 g/mol. The molecule has 1 aromatic carbocycles. The number of nitrogens with zero attached hydrogens (tertiary/aromatic N) is 2. The first-order valence-corrected chi connectivity index (χ1v) is 10.8. The molecule has 146 valence electrons. The van der Waals surface area contributed by atoms with Crippen LogP contribution in [0.2, 0.25) is 0 Å². The molecule has 0 aromatic heterocycles. The molecule has 0 bridgehead atoms. The Kier molecular flexibility index (Phi) is 7.43. The molecule has 1 fully saturated rings. The number of carbonyl (C=O) groups is 1. The molecule has 0 spiro atoms. The molecule has 8 heteroatoms. The van der Waals surface area contributed by atoms with Crippen LogP contribution >= 0.6 is 0 Å². The van der Waals surface area contributed by atoms with E-state index in [1.807, 2.05) is 38.1 Å². The summed E-state index contributed by atoms with van der Waals surface area (Å²) in [6.07, 6.45) is 1.30. The highest BCUT2D eigenvalue weighted by molar-refractivity contribution is 7.88. The third-order valence-corrected chi connectivity index (χ3v) is 5.43. The summed E-state index contributed by atoms with van der Waals surface area (Å²) in [5.41, 5.74) is 1.71. The molecule has 1 aliphatic heterocycles. The van der Waals surface area contributed by atoms with Crippen LogP contribution in [0.4, 0.5) is 11.4 Å². The van der Waals surface area contributed by atoms with Gasteiger partial charge in [-0.25, -0.2) is 12.7 Å². The number of morpholine rings is 1. The molecule has 0 saturated carbocycles. The van der Waals surface area contributed by atoms with Gasteiger partial charge in [0.2, 0.25) is 15.9 Å². The first-order chi connectivity index (χ1) is 12.3. The van der Waals surface area contributed by atoms with E-state index < -0.39 is 10.0 Å². The first-order valence-electron chi connectivity index (χ1n) is 8.94. The van der Waals surface area contributed by atoms with Crippen LogP contribution in [0.1, 0.15) is 20.3 Å². The van der Waals surface area contributed by atoms with Gasteiger partial charge in [0.25, 0.3) is 0 Å². The summed E-state index contributed by atoms with van der Waals surface area (Å²) in [7, 11) is -3.32. The number of rotatable bonds is 8. The lowest BCUT2D eigenvalue weighted by Crippen LogP contribution is -2.37. The molecule has 1 N–H and O–H groups in total. The van der Waals surface area contributed by atoms with Gasteiger partial charge in [0, 0.05) is 32.6 Å². The van der Waals surface area contributed by atoms with Gasteiger partial charge in [0.15, 0.2) is 0 Å². The number of ether oxygens (including phenoxy) is 1. The molecule has 1 aliphatic rings. The molecule has 1 amide bonds. The van der Waals surface area contributed by atoms with Crippen molar-refractivity contribution in [2.75, 3.05) is 55.9 Å². The Bertz CT molecular complexity index is 700. The number of hydrogen-bond acceptors (Lipinski definition) is 5. The number of carbonyl (C=O) groups excluding carboxylic acids is 1. The Labute approximate surface area is 156 Å². The number of benzene rings is 1. The van der Waals surface area contributed by atoms with Crippen molar-refractivity contribution in [3.63, 3.8) is 0 Å². The largest absolute Gasteiger partial charge is 0.378 e. The Hall–Kier alpha value is -1.64. The first kappa shape index (κ1) is 20.7. The SMILES string of the molecule is CC(C)CN(CCC(=O)Nc1ccccc1N1CCOCC1)S(C)(=O)=O. The van der Waals surface area contributed by atoms with E-state index in [2.05, 4.69) is 10.2 Å². The van der Waals surface area contributed by atoms with E-state index >= 15 is 0 Å². The minimum Gasteiger partial charge on any atom is -0.378 e. The molecule has 0 unspecified atom stereocenters. The molecular formula is C18H29N3O4S. The van der Waals surface area contributed by atoms with Crippen molar-refractivity contribution in [1.29, 1.82) is 0 Å². The van der Waals surface area contributed by atoms with Crippen LogP contribution in [-0.2, 0) is 19.6 Å². The van der Waals surface area contributed by atoms with Crippen molar-refractivity contribution >= 4 is 27.3 Å². The number of hydrogen-bond donors (Lipinski definition) is 1. The van der Waals surface area contributed by atoms with Crippen LogP contribution in [0, 0.1) is 5.92 Å². The second-order valence-corrected chi connectivity index (χ2v) is 8.91. The van der Waals surface area contributed by atoms with E-state index in [4.69, 9.17) is 4.74 Å². The lowest BCUT2D eigenvalue weighted by Gasteiger charge is -2.30. The normalized spacial score (nSPS) is 15.5. The molecule has 2 rings (SSSR count). The van der Waals surface area contributed by atoms with E-state index in [9.17, 15) is 13.2 Å². The summed E-state index contributed by atoms with van der Waals surface area (Å²) >= 11 is 0. The number of sulfonamides is 1. The Morgan fingerprint density at radius 3 is 2.54 bits per heavy atom. The number of anilines is 2. The van der Waals surface area contributed by atoms with Gasteiger partial charge in [0.1, 0.15) is 0 Å². The second-order valence-electron chi connectivity index (χ2n) is 6.93. The van der Waals surface area contributed by atoms with Crippen molar-refractivity contribution < 1.29 is 17.9 Å². The van der Waals surface area contributed by atoms with Gasteiger partial charge >= 0.3 is 0 Å². The predicted octanol–water partition coefficient (Wildman–Crippen LogP) is 1.77. The Morgan fingerprint density at radius 2 is 1.92 bits per heavy atom. The summed E-state index contributed by atoms with van der Waals surface area (Å²) in [5, 5.41) is 2.93. The van der Waals surface area contributed by atoms with Gasteiger partial charge in [-0.15, -0.1) is 0 Å². The smallest absolute Gasteiger partial charge is 0.225 e. The van der Waals surface area contributed by atoms with Crippen molar-refractivity contribution in [1.82, 2.24) is 4.31 Å². The van der Waals surface area contributed by atoms with E-state index in [-0.39, 0.29) is 24.8 Å². The zero-order chi connectivity index (χ0) is 19.2. The standard InChI is InChI=1S/C18H29N3O4S/c1-15(2)14-21(26(3,23)24)9-8-18(22)19-16-6-4-5-7-17(16)20-10-12-25-13-11-20/h4-7,15H,8-14H2,1-3H3,(H,19,22). The lowest BCUT2D eigenvalue weighted by atomic mass is 10.2. The third kappa shape index (κ3) is 6.26. The molecule has 1 aromatic rings. The minimum absolute atomic E-state index is 0.122. The maximum atomic E-state index is 12.4. The third-order valence-electron chi connectivity index (χ3n) is 4.16. The van der Waals surface area contributed by atoms with Crippen molar-refractivity contribution in [3.8, 4) is 0 Å². The average molecular weight is 384 g/mol. The molecule has 0 atom stereocenters. The van der Waals surface area contributed by atoms with E-state index in [1.165, 1.54) is 10.6 Å². The van der Waals surface area contributed by atoms with Gasteiger partial charge in [-0.05, 0) is 18.1 Å². The van der Waals surface area contributed by atoms with Crippen LogP contribution in [0.5, 0.6) is 0 Å². The summed E-state index contributed by atoms with van der Waals surface area (Å²) in [6.45, 7) is 7.40. The molecular weight excluding hydrogens is 354 g/mol. The zero-order valence-electron chi connectivity index (χ0n) is 15.8. The van der Waals surface area contributed by atoms with Crippen LogP contribution < -0.4 is 10.2 Å². The van der Waals surface area contributed by atoms with Gasteiger partial charge < -0.3 is 15.0 Å². The number of para-hydroxylation sites is 2. The van der Waals surface area contributed by atoms with Crippen molar-refractivity contribution in [2.45, 2.75) is 20.3 Å². The highest BCUT2D eigenvalue weighted by Crippen LogP contribution is 2.26. The maximum Gasteiger partial charge on any atom is 0.225 e. The molecule has 7 nitrogen and oxygen atoms in total. The van der Waals surface area contributed by atoms with Crippen LogP contribution in [-0.4, -0.2) is 64.3 Å². The fourth-order valence-electron chi connectivity index (χ4n) is 2.90. The highest BCUT2D eigenvalue weighted by atomic mass is 32.2. The Morgan fingerprint density at radius 1 is 1.27 bits per heavy atom. The zero-order valence-corrected chi connectivity index (χ0v) is 16.6. The molecule has 0 radical (unpaired) electrons. The minimum atomic E-state index is -3.32. The molecule has 1 saturated heterocycles. The van der Waals surface area contributed by atoms with E-state index in [1.54, 1.807) is 0 Å². The highest BCUT2D eigenvalue weighted by Gasteiger charge is 2.20. The van der Waals surface area contributed by atoms with Crippen molar-refractivity contribution in [3.05, 3.63) is 24.3 Å². The van der Waals surface area contributed by atoms with Crippen LogP contribution in [0.3, 0.4) is 0 Å². The summed E-state index contributed by atoms with van der Waals surface area (Å²) < 4.78 is 30.5. The van der Waals surface area contributed by atoms with Crippen molar-refractivity contribution in [2.24, 2.45) is 5.92 Å².